The average molecular weight is 380 g/mol. The zero-order valence-electron chi connectivity index (χ0n) is 16.2. The molecule has 0 aliphatic carbocycles. The molecule has 4 rings (SSSR count). The fraction of sp³-hybridized carbons (Fsp3) is 0.429. The lowest BCUT2D eigenvalue weighted by Gasteiger charge is -2.32. The first-order valence-electron chi connectivity index (χ1n) is 9.87. The Morgan fingerprint density at radius 1 is 1.29 bits per heavy atom. The molecule has 146 valence electrons. The number of fused-ring (bicyclic) bond motifs is 1. The van der Waals surface area contributed by atoms with Crippen molar-refractivity contribution in [2.45, 2.75) is 45.4 Å². The summed E-state index contributed by atoms with van der Waals surface area (Å²) in [5.74, 6) is 0.873. The van der Waals surface area contributed by atoms with Crippen molar-refractivity contribution < 1.29 is 9.32 Å². The Hall–Kier alpha value is -2.96. The highest BCUT2D eigenvalue weighted by Crippen LogP contribution is 2.29. The van der Waals surface area contributed by atoms with Gasteiger partial charge in [-0.1, -0.05) is 19.0 Å². The SMILES string of the molecule is CCc1noc(CC)c1C(=O)N1CCC(c2cc3ncccc3c(=O)[nH]2)CC1. The minimum absolute atomic E-state index is 0.00192. The third-order valence-corrected chi connectivity index (χ3v) is 5.56. The minimum Gasteiger partial charge on any atom is -0.360 e. The van der Waals surface area contributed by atoms with Crippen molar-refractivity contribution in [3.8, 4) is 0 Å². The number of rotatable bonds is 4. The van der Waals surface area contributed by atoms with Gasteiger partial charge in [-0.3, -0.25) is 14.6 Å². The number of aromatic nitrogens is 3. The lowest BCUT2D eigenvalue weighted by molar-refractivity contribution is 0.0709. The molecule has 0 bridgehead atoms. The Kier molecular flexibility index (Phi) is 4.98. The summed E-state index contributed by atoms with van der Waals surface area (Å²) in [6.45, 7) is 5.23. The quantitative estimate of drug-likeness (QED) is 0.751. The second kappa shape index (κ2) is 7.58. The molecule has 7 heteroatoms. The number of H-pyrrole nitrogens is 1. The highest BCUT2D eigenvalue weighted by molar-refractivity contribution is 5.96. The molecule has 3 aromatic rings. The molecular formula is C21H24N4O3. The molecular weight excluding hydrogens is 356 g/mol. The summed E-state index contributed by atoms with van der Waals surface area (Å²) in [4.78, 5) is 34.6. The molecule has 1 aliphatic rings. The summed E-state index contributed by atoms with van der Waals surface area (Å²) in [5.41, 5.74) is 2.87. The Bertz CT molecular complexity index is 1040. The zero-order chi connectivity index (χ0) is 19.7. The largest absolute Gasteiger partial charge is 0.360 e. The molecule has 0 radical (unpaired) electrons. The van der Waals surface area contributed by atoms with E-state index < -0.39 is 0 Å². The van der Waals surface area contributed by atoms with Crippen LogP contribution in [0.25, 0.3) is 10.9 Å². The fourth-order valence-electron chi connectivity index (χ4n) is 3.97. The standard InChI is InChI=1S/C21H24N4O3/c1-3-15-19(18(4-2)28-24-15)21(27)25-10-7-13(8-11-25)16-12-17-14(20(26)23-16)6-5-9-22-17/h5-6,9,12-13H,3-4,7-8,10-11H2,1-2H3,(H,23,26). The number of aromatic amines is 1. The first-order chi connectivity index (χ1) is 13.6. The van der Waals surface area contributed by atoms with Crippen LogP contribution in [0.5, 0.6) is 0 Å². The third kappa shape index (κ3) is 3.21. The van der Waals surface area contributed by atoms with Crippen molar-refractivity contribution in [2.75, 3.05) is 13.1 Å². The maximum absolute atomic E-state index is 13.1. The van der Waals surface area contributed by atoms with Gasteiger partial charge in [0.2, 0.25) is 0 Å². The molecule has 3 aromatic heterocycles. The number of carbonyl (C=O) groups excluding carboxylic acids is 1. The highest BCUT2D eigenvalue weighted by atomic mass is 16.5. The van der Waals surface area contributed by atoms with Crippen LogP contribution in [0, 0.1) is 0 Å². The van der Waals surface area contributed by atoms with Gasteiger partial charge in [0.25, 0.3) is 11.5 Å². The van der Waals surface area contributed by atoms with Crippen LogP contribution in [0.2, 0.25) is 0 Å². The van der Waals surface area contributed by atoms with Gasteiger partial charge in [-0.15, -0.1) is 0 Å². The van der Waals surface area contributed by atoms with Crippen molar-refractivity contribution in [1.82, 2.24) is 20.0 Å². The Morgan fingerprint density at radius 3 is 2.79 bits per heavy atom. The molecule has 1 saturated heterocycles. The zero-order valence-corrected chi connectivity index (χ0v) is 16.2. The summed E-state index contributed by atoms with van der Waals surface area (Å²) in [5, 5.41) is 4.66. The summed E-state index contributed by atoms with van der Waals surface area (Å²) in [6, 6.07) is 5.51. The lowest BCUT2D eigenvalue weighted by Crippen LogP contribution is -2.38. The summed E-state index contributed by atoms with van der Waals surface area (Å²) in [7, 11) is 0. The van der Waals surface area contributed by atoms with E-state index in [2.05, 4.69) is 15.1 Å². The number of hydrogen-bond donors (Lipinski definition) is 1. The van der Waals surface area contributed by atoms with Crippen LogP contribution in [0.1, 0.15) is 60.1 Å². The van der Waals surface area contributed by atoms with Crippen LogP contribution < -0.4 is 5.56 Å². The molecule has 1 aliphatic heterocycles. The molecule has 0 spiro atoms. The van der Waals surface area contributed by atoms with Crippen LogP contribution in [0.3, 0.4) is 0 Å². The maximum Gasteiger partial charge on any atom is 0.259 e. The molecule has 28 heavy (non-hydrogen) atoms. The van der Waals surface area contributed by atoms with Gasteiger partial charge in [0.05, 0.1) is 16.6 Å². The molecule has 4 heterocycles. The molecule has 0 atom stereocenters. The van der Waals surface area contributed by atoms with Gasteiger partial charge in [0, 0.05) is 37.3 Å². The molecule has 7 nitrogen and oxygen atoms in total. The second-order valence-electron chi connectivity index (χ2n) is 7.19. The predicted octanol–water partition coefficient (Wildman–Crippen LogP) is 3.06. The van der Waals surface area contributed by atoms with E-state index in [0.29, 0.717) is 48.2 Å². The summed E-state index contributed by atoms with van der Waals surface area (Å²) in [6.07, 6.45) is 4.62. The number of carbonyl (C=O) groups is 1. The summed E-state index contributed by atoms with van der Waals surface area (Å²) < 4.78 is 5.35. The van der Waals surface area contributed by atoms with Gasteiger partial charge in [0.15, 0.2) is 0 Å². The smallest absolute Gasteiger partial charge is 0.259 e. The van der Waals surface area contributed by atoms with Crippen molar-refractivity contribution >= 4 is 16.8 Å². The van der Waals surface area contributed by atoms with Crippen LogP contribution in [0.4, 0.5) is 0 Å². The second-order valence-corrected chi connectivity index (χ2v) is 7.19. The fourth-order valence-corrected chi connectivity index (χ4v) is 3.97. The van der Waals surface area contributed by atoms with Crippen LogP contribution in [0.15, 0.2) is 33.7 Å². The highest BCUT2D eigenvalue weighted by Gasteiger charge is 2.29. The minimum atomic E-state index is -0.108. The summed E-state index contributed by atoms with van der Waals surface area (Å²) >= 11 is 0. The number of likely N-dealkylation sites (tertiary alicyclic amines) is 1. The van der Waals surface area contributed by atoms with Gasteiger partial charge in [0.1, 0.15) is 11.3 Å². The van der Waals surface area contributed by atoms with Crippen molar-refractivity contribution in [3.63, 3.8) is 0 Å². The first kappa shape index (κ1) is 18.4. The normalized spacial score (nSPS) is 15.3. The third-order valence-electron chi connectivity index (χ3n) is 5.56. The van der Waals surface area contributed by atoms with Crippen molar-refractivity contribution in [3.05, 3.63) is 57.5 Å². The monoisotopic (exact) mass is 380 g/mol. The van der Waals surface area contributed by atoms with E-state index in [9.17, 15) is 9.59 Å². The molecule has 1 N–H and O–H groups in total. The van der Waals surface area contributed by atoms with E-state index in [1.165, 1.54) is 0 Å². The molecule has 0 aromatic carbocycles. The van der Waals surface area contributed by atoms with Crippen molar-refractivity contribution in [2.24, 2.45) is 0 Å². The number of nitrogens with one attached hydrogen (secondary N) is 1. The lowest BCUT2D eigenvalue weighted by atomic mass is 9.92. The average Bonchev–Trinajstić information content (AvgIpc) is 3.16. The Balaban J connectivity index is 1.52. The number of pyridine rings is 2. The van der Waals surface area contributed by atoms with E-state index in [1.54, 1.807) is 18.3 Å². The topological polar surface area (TPSA) is 92.1 Å². The van der Waals surface area contributed by atoms with Crippen molar-refractivity contribution in [1.29, 1.82) is 0 Å². The molecule has 0 unspecified atom stereocenters. The van der Waals surface area contributed by atoms with Gasteiger partial charge in [-0.2, -0.15) is 0 Å². The van der Waals surface area contributed by atoms with E-state index >= 15 is 0 Å². The number of aryl methyl sites for hydroxylation is 2. The molecule has 1 fully saturated rings. The molecule has 1 amide bonds. The number of nitrogens with zero attached hydrogens (tertiary/aromatic N) is 3. The number of hydrogen-bond acceptors (Lipinski definition) is 5. The predicted molar refractivity (Wildman–Crippen MR) is 106 cm³/mol. The Labute approximate surface area is 162 Å². The Morgan fingerprint density at radius 2 is 2.07 bits per heavy atom. The molecule has 0 saturated carbocycles. The van der Waals surface area contributed by atoms with Gasteiger partial charge < -0.3 is 14.4 Å². The van der Waals surface area contributed by atoms with E-state index in [1.807, 2.05) is 24.8 Å². The van der Waals surface area contributed by atoms with E-state index in [4.69, 9.17) is 4.52 Å². The number of piperidine rings is 1. The van der Waals surface area contributed by atoms with Crippen LogP contribution >= 0.6 is 0 Å². The van der Waals surface area contributed by atoms with Crippen LogP contribution in [-0.2, 0) is 12.8 Å². The van der Waals surface area contributed by atoms with E-state index in [0.717, 1.165) is 24.2 Å². The van der Waals surface area contributed by atoms with Gasteiger partial charge in [-0.25, -0.2) is 0 Å². The van der Waals surface area contributed by atoms with E-state index in [-0.39, 0.29) is 17.4 Å². The maximum atomic E-state index is 13.1. The van der Waals surface area contributed by atoms with Gasteiger partial charge in [-0.05, 0) is 37.5 Å². The van der Waals surface area contributed by atoms with Gasteiger partial charge >= 0.3 is 0 Å². The number of amides is 1. The van der Waals surface area contributed by atoms with Crippen LogP contribution in [-0.4, -0.2) is 39.0 Å². The first-order valence-corrected chi connectivity index (χ1v) is 9.87.